The van der Waals surface area contributed by atoms with Gasteiger partial charge in [0.25, 0.3) is 5.91 Å². The summed E-state index contributed by atoms with van der Waals surface area (Å²) in [6.07, 6.45) is 7.10. The van der Waals surface area contributed by atoms with E-state index in [0.717, 1.165) is 46.4 Å². The molecular weight excluding hydrogens is 418 g/mol. The number of nitrogens with zero attached hydrogens (tertiary/aromatic N) is 2. The second kappa shape index (κ2) is 9.04. The number of hydrogen-bond acceptors (Lipinski definition) is 5. The van der Waals surface area contributed by atoms with Gasteiger partial charge >= 0.3 is 0 Å². The normalized spacial score (nSPS) is 21.5. The Hall–Kier alpha value is -2.70. The molecule has 5 nitrogen and oxygen atoms in total. The number of aromatic nitrogens is 1. The zero-order valence-corrected chi connectivity index (χ0v) is 19.4. The number of para-hydroxylation sites is 1. The van der Waals surface area contributed by atoms with E-state index in [9.17, 15) is 4.79 Å². The van der Waals surface area contributed by atoms with Gasteiger partial charge in [0.15, 0.2) is 6.61 Å². The Morgan fingerprint density at radius 3 is 2.81 bits per heavy atom. The number of carbonyl (C=O) groups excluding carboxylic acids is 1. The zero-order chi connectivity index (χ0) is 22.1. The van der Waals surface area contributed by atoms with Gasteiger partial charge in [0.05, 0.1) is 10.2 Å². The first-order valence-corrected chi connectivity index (χ1v) is 12.1. The Labute approximate surface area is 193 Å². The minimum atomic E-state index is -0.0530. The van der Waals surface area contributed by atoms with Crippen molar-refractivity contribution in [1.82, 2.24) is 15.2 Å². The molecule has 0 unspecified atom stereocenters. The maximum absolute atomic E-state index is 12.4. The molecule has 0 radical (unpaired) electrons. The van der Waals surface area contributed by atoms with Crippen LogP contribution in [0, 0.1) is 17.8 Å². The molecule has 6 heteroatoms. The van der Waals surface area contributed by atoms with E-state index >= 15 is 0 Å². The van der Waals surface area contributed by atoms with Gasteiger partial charge in [-0.3, -0.25) is 4.79 Å². The van der Waals surface area contributed by atoms with Gasteiger partial charge in [-0.25, -0.2) is 4.98 Å². The van der Waals surface area contributed by atoms with Crippen LogP contribution in [-0.2, 0) is 11.3 Å². The van der Waals surface area contributed by atoms with E-state index in [4.69, 9.17) is 9.72 Å². The third-order valence-electron chi connectivity index (χ3n) is 6.42. The lowest BCUT2D eigenvalue weighted by Crippen LogP contribution is -2.34. The molecule has 1 N–H and O–H groups in total. The van der Waals surface area contributed by atoms with Crippen molar-refractivity contribution in [1.29, 1.82) is 0 Å². The van der Waals surface area contributed by atoms with Gasteiger partial charge in [0.1, 0.15) is 10.8 Å². The molecule has 1 heterocycles. The topological polar surface area (TPSA) is 54.5 Å². The van der Waals surface area contributed by atoms with Crippen molar-refractivity contribution in [2.45, 2.75) is 19.4 Å². The molecule has 2 aliphatic carbocycles. The fourth-order valence-electron chi connectivity index (χ4n) is 4.88. The number of ether oxygens (including phenoxy) is 1. The predicted octanol–water partition coefficient (Wildman–Crippen LogP) is 4.73. The molecule has 5 rings (SSSR count). The lowest BCUT2D eigenvalue weighted by molar-refractivity contribution is -0.123. The summed E-state index contributed by atoms with van der Waals surface area (Å²) in [5, 5.41) is 4.07. The molecule has 3 atom stereocenters. The smallest absolute Gasteiger partial charge is 0.257 e. The maximum Gasteiger partial charge on any atom is 0.257 e. The van der Waals surface area contributed by atoms with Crippen molar-refractivity contribution >= 4 is 27.5 Å². The molecule has 3 aromatic rings. The monoisotopic (exact) mass is 447 g/mol. The SMILES string of the molecule is CN(C)Cc1cc(-c2nc3ccccc3s2)ccc1OCC(=O)NC[C@H]1C[C@@H]2C=C[C@H]1C2. The quantitative estimate of drug-likeness (QED) is 0.507. The van der Waals surface area contributed by atoms with Gasteiger partial charge in [-0.2, -0.15) is 0 Å². The van der Waals surface area contributed by atoms with Crippen LogP contribution in [-0.4, -0.2) is 43.0 Å². The summed E-state index contributed by atoms with van der Waals surface area (Å²) in [5.74, 6) is 2.64. The van der Waals surface area contributed by atoms with Crippen molar-refractivity contribution in [3.63, 3.8) is 0 Å². The Morgan fingerprint density at radius 2 is 2.06 bits per heavy atom. The summed E-state index contributed by atoms with van der Waals surface area (Å²) in [6, 6.07) is 14.3. The van der Waals surface area contributed by atoms with Crippen LogP contribution in [0.5, 0.6) is 5.75 Å². The second-order valence-electron chi connectivity index (χ2n) is 9.18. The molecule has 2 aromatic carbocycles. The van der Waals surface area contributed by atoms with Gasteiger partial charge in [0, 0.05) is 24.2 Å². The lowest BCUT2D eigenvalue weighted by atomic mass is 9.94. The fraction of sp³-hybridized carbons (Fsp3) is 0.385. The zero-order valence-electron chi connectivity index (χ0n) is 18.6. The van der Waals surface area contributed by atoms with Gasteiger partial charge < -0.3 is 15.0 Å². The minimum absolute atomic E-state index is 0.0393. The van der Waals surface area contributed by atoms with Crippen LogP contribution in [0.3, 0.4) is 0 Å². The first kappa shape index (κ1) is 21.2. The third kappa shape index (κ3) is 4.57. The maximum atomic E-state index is 12.4. The fourth-order valence-corrected chi connectivity index (χ4v) is 5.84. The number of carbonyl (C=O) groups is 1. The Kier molecular flexibility index (Phi) is 5.98. The first-order valence-electron chi connectivity index (χ1n) is 11.3. The number of nitrogens with one attached hydrogen (secondary N) is 1. The molecule has 2 bridgehead atoms. The molecule has 1 fully saturated rings. The molecule has 2 aliphatic rings. The highest BCUT2D eigenvalue weighted by molar-refractivity contribution is 7.21. The minimum Gasteiger partial charge on any atom is -0.483 e. The Morgan fingerprint density at radius 1 is 1.19 bits per heavy atom. The van der Waals surface area contributed by atoms with E-state index in [-0.39, 0.29) is 12.5 Å². The molecule has 0 spiro atoms. The van der Waals surface area contributed by atoms with Gasteiger partial charge in [-0.15, -0.1) is 11.3 Å². The third-order valence-corrected chi connectivity index (χ3v) is 7.51. The molecule has 1 aromatic heterocycles. The average molecular weight is 448 g/mol. The number of thiazole rings is 1. The van der Waals surface area contributed by atoms with Gasteiger partial charge in [-0.1, -0.05) is 24.3 Å². The van der Waals surface area contributed by atoms with E-state index in [1.165, 1.54) is 17.5 Å². The van der Waals surface area contributed by atoms with Gasteiger partial charge in [0.2, 0.25) is 0 Å². The van der Waals surface area contributed by atoms with Crippen molar-refractivity contribution in [3.8, 4) is 16.3 Å². The number of fused-ring (bicyclic) bond motifs is 3. The highest BCUT2D eigenvalue weighted by atomic mass is 32.1. The van der Waals surface area contributed by atoms with Crippen LogP contribution >= 0.6 is 11.3 Å². The van der Waals surface area contributed by atoms with Crippen molar-refractivity contribution in [2.75, 3.05) is 27.2 Å². The summed E-state index contributed by atoms with van der Waals surface area (Å²) >= 11 is 1.69. The largest absolute Gasteiger partial charge is 0.483 e. The van der Waals surface area contributed by atoms with E-state index in [0.29, 0.717) is 11.8 Å². The molecule has 0 saturated heterocycles. The van der Waals surface area contributed by atoms with Crippen molar-refractivity contribution in [3.05, 3.63) is 60.2 Å². The number of allylic oxidation sites excluding steroid dienone is 2. The Bertz CT molecular complexity index is 1120. The summed E-state index contributed by atoms with van der Waals surface area (Å²) in [7, 11) is 4.06. The summed E-state index contributed by atoms with van der Waals surface area (Å²) < 4.78 is 7.14. The van der Waals surface area contributed by atoms with E-state index < -0.39 is 0 Å². The van der Waals surface area contributed by atoms with Crippen LogP contribution in [0.4, 0.5) is 0 Å². The van der Waals surface area contributed by atoms with Crippen molar-refractivity contribution < 1.29 is 9.53 Å². The highest BCUT2D eigenvalue weighted by Gasteiger charge is 2.35. The molecule has 32 heavy (non-hydrogen) atoms. The number of amides is 1. The van der Waals surface area contributed by atoms with Crippen molar-refractivity contribution in [2.24, 2.45) is 17.8 Å². The average Bonchev–Trinajstić information content (AvgIpc) is 3.51. The van der Waals surface area contributed by atoms with Crippen LogP contribution in [0.1, 0.15) is 18.4 Å². The van der Waals surface area contributed by atoms with Crippen LogP contribution in [0.25, 0.3) is 20.8 Å². The molecular formula is C26H29N3O2S. The number of hydrogen-bond donors (Lipinski definition) is 1. The van der Waals surface area contributed by atoms with Gasteiger partial charge in [-0.05, 0) is 75.0 Å². The van der Waals surface area contributed by atoms with E-state index in [2.05, 4.69) is 34.5 Å². The summed E-state index contributed by atoms with van der Waals surface area (Å²) in [4.78, 5) is 19.3. The first-order chi connectivity index (χ1) is 15.5. The second-order valence-corrected chi connectivity index (χ2v) is 10.2. The highest BCUT2D eigenvalue weighted by Crippen LogP contribution is 2.43. The number of benzene rings is 2. The van der Waals surface area contributed by atoms with Crippen LogP contribution in [0.2, 0.25) is 0 Å². The molecule has 1 saturated carbocycles. The Balaban J connectivity index is 1.25. The molecule has 166 valence electrons. The number of rotatable bonds is 8. The molecule has 0 aliphatic heterocycles. The van der Waals surface area contributed by atoms with Crippen LogP contribution < -0.4 is 10.1 Å². The standard InChI is InChI=1S/C26H29N3O2S/c1-29(2)15-21-13-19(26-28-22-5-3-4-6-24(22)32-26)9-10-23(21)31-16-25(30)27-14-20-12-17-7-8-18(20)11-17/h3-10,13,17-18,20H,11-12,14-16H2,1-2H3,(H,27,30)/t17-,18+,20-/m1/s1. The van der Waals surface area contributed by atoms with E-state index in [1.807, 2.05) is 44.4 Å². The lowest BCUT2D eigenvalue weighted by Gasteiger charge is -2.19. The summed E-state index contributed by atoms with van der Waals surface area (Å²) in [5.41, 5.74) is 3.15. The van der Waals surface area contributed by atoms with E-state index in [1.54, 1.807) is 11.3 Å². The predicted molar refractivity (Wildman–Crippen MR) is 130 cm³/mol. The summed E-state index contributed by atoms with van der Waals surface area (Å²) in [6.45, 7) is 1.51. The van der Waals surface area contributed by atoms with Crippen LogP contribution in [0.15, 0.2) is 54.6 Å². The molecule has 1 amide bonds.